The van der Waals surface area contributed by atoms with Crippen LogP contribution in [0.2, 0.25) is 0 Å². The van der Waals surface area contributed by atoms with Crippen LogP contribution in [-0.2, 0) is 11.0 Å². The lowest BCUT2D eigenvalue weighted by Crippen LogP contribution is -2.35. The standard InChI is InChI=1S/C11H9F7N2O/c12-8-2-1-6(3-7(8)11(16,17)18)20-9(21)4-19-5-10(13,14)15/h1-3,19H,4-5H2,(H,20,21). The molecule has 118 valence electrons. The van der Waals surface area contributed by atoms with Gasteiger partial charge in [-0.05, 0) is 18.2 Å². The van der Waals surface area contributed by atoms with E-state index >= 15 is 0 Å². The maximum Gasteiger partial charge on any atom is 0.419 e. The van der Waals surface area contributed by atoms with Crippen LogP contribution >= 0.6 is 0 Å². The Labute approximate surface area is 114 Å². The molecule has 0 radical (unpaired) electrons. The first-order chi connectivity index (χ1) is 9.49. The Morgan fingerprint density at radius 2 is 1.71 bits per heavy atom. The quantitative estimate of drug-likeness (QED) is 0.838. The molecule has 0 heterocycles. The summed E-state index contributed by atoms with van der Waals surface area (Å²) in [7, 11) is 0. The van der Waals surface area contributed by atoms with Crippen molar-refractivity contribution in [2.75, 3.05) is 18.4 Å². The summed E-state index contributed by atoms with van der Waals surface area (Å²) >= 11 is 0. The van der Waals surface area contributed by atoms with Crippen molar-refractivity contribution in [1.82, 2.24) is 5.32 Å². The van der Waals surface area contributed by atoms with Gasteiger partial charge < -0.3 is 10.6 Å². The summed E-state index contributed by atoms with van der Waals surface area (Å²) in [6.45, 7) is -2.17. The third kappa shape index (κ3) is 5.98. The third-order valence-electron chi connectivity index (χ3n) is 2.17. The van der Waals surface area contributed by atoms with Crippen molar-refractivity contribution in [2.45, 2.75) is 12.4 Å². The first-order valence-electron chi connectivity index (χ1n) is 5.43. The second kappa shape index (κ2) is 6.29. The van der Waals surface area contributed by atoms with Gasteiger partial charge in [-0.3, -0.25) is 4.79 Å². The summed E-state index contributed by atoms with van der Waals surface area (Å²) in [6.07, 6.45) is -9.46. The highest BCUT2D eigenvalue weighted by Gasteiger charge is 2.34. The number of carbonyl (C=O) groups excluding carboxylic acids is 1. The molecule has 1 aromatic carbocycles. The molecule has 0 atom stereocenters. The zero-order chi connectivity index (χ0) is 16.3. The Balaban J connectivity index is 2.65. The lowest BCUT2D eigenvalue weighted by molar-refractivity contribution is -0.140. The van der Waals surface area contributed by atoms with E-state index in [0.29, 0.717) is 12.1 Å². The Kier molecular flexibility index (Phi) is 5.15. The van der Waals surface area contributed by atoms with E-state index in [1.165, 1.54) is 0 Å². The van der Waals surface area contributed by atoms with Gasteiger partial charge in [0, 0.05) is 5.69 Å². The van der Waals surface area contributed by atoms with Crippen molar-refractivity contribution >= 4 is 11.6 Å². The monoisotopic (exact) mass is 318 g/mol. The van der Waals surface area contributed by atoms with Gasteiger partial charge in [0.1, 0.15) is 5.82 Å². The molecule has 0 aliphatic rings. The molecular weight excluding hydrogens is 309 g/mol. The first-order valence-corrected chi connectivity index (χ1v) is 5.43. The predicted molar refractivity (Wildman–Crippen MR) is 59.0 cm³/mol. The van der Waals surface area contributed by atoms with Gasteiger partial charge in [-0.15, -0.1) is 0 Å². The van der Waals surface area contributed by atoms with E-state index in [9.17, 15) is 35.5 Å². The molecule has 0 aromatic heterocycles. The van der Waals surface area contributed by atoms with E-state index in [1.807, 2.05) is 5.32 Å². The van der Waals surface area contributed by atoms with E-state index in [1.54, 1.807) is 5.32 Å². The Bertz CT molecular complexity index is 510. The van der Waals surface area contributed by atoms with Crippen LogP contribution in [0.3, 0.4) is 0 Å². The summed E-state index contributed by atoms with van der Waals surface area (Å²) in [5, 5.41) is 3.70. The number of rotatable bonds is 4. The summed E-state index contributed by atoms with van der Waals surface area (Å²) in [5.74, 6) is -2.50. The van der Waals surface area contributed by atoms with E-state index in [2.05, 4.69) is 0 Å². The molecule has 10 heteroatoms. The van der Waals surface area contributed by atoms with Crippen LogP contribution in [0.25, 0.3) is 0 Å². The van der Waals surface area contributed by atoms with Gasteiger partial charge in [-0.25, -0.2) is 4.39 Å². The molecule has 0 bridgehead atoms. The largest absolute Gasteiger partial charge is 0.419 e. The first kappa shape index (κ1) is 17.2. The van der Waals surface area contributed by atoms with Crippen LogP contribution in [0.5, 0.6) is 0 Å². The van der Waals surface area contributed by atoms with E-state index in [4.69, 9.17) is 0 Å². The molecule has 0 saturated heterocycles. The zero-order valence-electron chi connectivity index (χ0n) is 10.2. The average Bonchev–Trinajstić information content (AvgIpc) is 2.28. The highest BCUT2D eigenvalue weighted by atomic mass is 19.4. The van der Waals surface area contributed by atoms with Gasteiger partial charge in [-0.2, -0.15) is 26.3 Å². The smallest absolute Gasteiger partial charge is 0.325 e. The maximum atomic E-state index is 13.0. The fourth-order valence-corrected chi connectivity index (χ4v) is 1.34. The molecular formula is C11H9F7N2O. The predicted octanol–water partition coefficient (Wildman–Crippen LogP) is 2.93. The van der Waals surface area contributed by atoms with E-state index in [-0.39, 0.29) is 5.69 Å². The van der Waals surface area contributed by atoms with Crippen LogP contribution in [0.4, 0.5) is 36.4 Å². The normalized spacial score (nSPS) is 12.3. The molecule has 0 fully saturated rings. The SMILES string of the molecule is O=C(CNCC(F)(F)F)Nc1ccc(F)c(C(F)(F)F)c1. The van der Waals surface area contributed by atoms with Crippen LogP contribution in [-0.4, -0.2) is 25.2 Å². The minimum atomic E-state index is -4.95. The lowest BCUT2D eigenvalue weighted by atomic mass is 10.2. The highest BCUT2D eigenvalue weighted by molar-refractivity contribution is 5.92. The molecule has 21 heavy (non-hydrogen) atoms. The molecule has 0 aliphatic heterocycles. The molecule has 3 nitrogen and oxygen atoms in total. The third-order valence-corrected chi connectivity index (χ3v) is 2.17. The van der Waals surface area contributed by atoms with Gasteiger partial charge in [0.2, 0.25) is 5.91 Å². The van der Waals surface area contributed by atoms with Crippen LogP contribution in [0, 0.1) is 5.82 Å². The van der Waals surface area contributed by atoms with Gasteiger partial charge >= 0.3 is 12.4 Å². The van der Waals surface area contributed by atoms with Crippen molar-refractivity contribution in [3.05, 3.63) is 29.6 Å². The molecule has 2 N–H and O–H groups in total. The second-order valence-electron chi connectivity index (χ2n) is 3.96. The van der Waals surface area contributed by atoms with Crippen molar-refractivity contribution < 1.29 is 35.5 Å². The lowest BCUT2D eigenvalue weighted by Gasteiger charge is -2.12. The number of halogens is 7. The fourth-order valence-electron chi connectivity index (χ4n) is 1.34. The molecule has 1 amide bonds. The van der Waals surface area contributed by atoms with Crippen LogP contribution < -0.4 is 10.6 Å². The molecule has 1 rings (SSSR count). The van der Waals surface area contributed by atoms with Gasteiger partial charge in [0.05, 0.1) is 18.7 Å². The highest BCUT2D eigenvalue weighted by Crippen LogP contribution is 2.32. The maximum absolute atomic E-state index is 13.0. The van der Waals surface area contributed by atoms with Gasteiger partial charge in [-0.1, -0.05) is 0 Å². The number of alkyl halides is 6. The minimum absolute atomic E-state index is 0.358. The Hall–Kier alpha value is -1.84. The number of carbonyl (C=O) groups is 1. The number of hydrogen-bond acceptors (Lipinski definition) is 2. The Morgan fingerprint density at radius 1 is 1.10 bits per heavy atom. The number of amides is 1. The van der Waals surface area contributed by atoms with Crippen molar-refractivity contribution in [3.63, 3.8) is 0 Å². The van der Waals surface area contributed by atoms with Crippen molar-refractivity contribution in [3.8, 4) is 0 Å². The molecule has 0 unspecified atom stereocenters. The van der Waals surface area contributed by atoms with Crippen molar-refractivity contribution in [1.29, 1.82) is 0 Å². The second-order valence-corrected chi connectivity index (χ2v) is 3.96. The van der Waals surface area contributed by atoms with Gasteiger partial charge in [0.25, 0.3) is 0 Å². The van der Waals surface area contributed by atoms with E-state index < -0.39 is 42.7 Å². The average molecular weight is 318 g/mol. The molecule has 0 aliphatic carbocycles. The van der Waals surface area contributed by atoms with Gasteiger partial charge in [0.15, 0.2) is 0 Å². The van der Waals surface area contributed by atoms with Crippen LogP contribution in [0.1, 0.15) is 5.56 Å². The minimum Gasteiger partial charge on any atom is -0.325 e. The number of benzene rings is 1. The zero-order valence-corrected chi connectivity index (χ0v) is 10.2. The molecule has 0 saturated carbocycles. The number of nitrogens with one attached hydrogen (secondary N) is 2. The van der Waals surface area contributed by atoms with Crippen molar-refractivity contribution in [2.24, 2.45) is 0 Å². The summed E-state index contributed by atoms with van der Waals surface area (Å²) < 4.78 is 85.6. The molecule has 1 aromatic rings. The topological polar surface area (TPSA) is 41.1 Å². The summed E-state index contributed by atoms with van der Waals surface area (Å²) in [5.41, 5.74) is -1.95. The number of hydrogen-bond donors (Lipinski definition) is 2. The summed E-state index contributed by atoms with van der Waals surface area (Å²) in [6, 6.07) is 1.73. The summed E-state index contributed by atoms with van der Waals surface area (Å²) in [4.78, 5) is 11.2. The fraction of sp³-hybridized carbons (Fsp3) is 0.364. The number of anilines is 1. The van der Waals surface area contributed by atoms with Crippen LogP contribution in [0.15, 0.2) is 18.2 Å². The molecule has 0 spiro atoms. The Morgan fingerprint density at radius 3 is 2.24 bits per heavy atom. The van der Waals surface area contributed by atoms with E-state index in [0.717, 1.165) is 6.07 Å².